The van der Waals surface area contributed by atoms with E-state index >= 15 is 0 Å². The molecule has 0 unspecified atom stereocenters. The van der Waals surface area contributed by atoms with Crippen molar-refractivity contribution in [1.82, 2.24) is 10.2 Å². The smallest absolute Gasteiger partial charge is 0.324 e. The lowest BCUT2D eigenvalue weighted by molar-refractivity contribution is -0.127. The second-order valence-electron chi connectivity index (χ2n) is 6.18. The fourth-order valence-corrected chi connectivity index (χ4v) is 3.29. The highest BCUT2D eigenvalue weighted by molar-refractivity contribution is 6.03. The van der Waals surface area contributed by atoms with Crippen molar-refractivity contribution in [3.8, 4) is 6.07 Å². The molecule has 6 nitrogen and oxygen atoms in total. The van der Waals surface area contributed by atoms with Crippen LogP contribution in [0.5, 0.6) is 0 Å². The fraction of sp³-hybridized carbons (Fsp3) is 0.471. The van der Waals surface area contributed by atoms with Gasteiger partial charge in [-0.3, -0.25) is 9.69 Å². The molecule has 2 aliphatic heterocycles. The van der Waals surface area contributed by atoms with Crippen molar-refractivity contribution in [3.05, 3.63) is 29.8 Å². The van der Waals surface area contributed by atoms with Gasteiger partial charge in [0.15, 0.2) is 0 Å². The van der Waals surface area contributed by atoms with E-state index in [0.29, 0.717) is 18.0 Å². The number of carbonyl (C=O) groups excluding carboxylic acids is 2. The van der Waals surface area contributed by atoms with E-state index in [1.165, 1.54) is 4.90 Å². The fourth-order valence-electron chi connectivity index (χ4n) is 3.29. The molecule has 0 aliphatic carbocycles. The summed E-state index contributed by atoms with van der Waals surface area (Å²) < 4.78 is 0. The lowest BCUT2D eigenvalue weighted by atomic mass is 9.95. The van der Waals surface area contributed by atoms with Crippen molar-refractivity contribution in [2.75, 3.05) is 24.5 Å². The number of carbonyl (C=O) groups is 2. The van der Waals surface area contributed by atoms with Gasteiger partial charge in [-0.2, -0.15) is 5.26 Å². The maximum atomic E-state index is 12.0. The number of piperidine rings is 1. The van der Waals surface area contributed by atoms with Gasteiger partial charge in [0.1, 0.15) is 12.1 Å². The van der Waals surface area contributed by atoms with Gasteiger partial charge in [-0.25, -0.2) is 4.79 Å². The number of para-hydroxylation sites is 1. The Morgan fingerprint density at radius 2 is 1.96 bits per heavy atom. The molecule has 0 radical (unpaired) electrons. The Labute approximate surface area is 135 Å². The van der Waals surface area contributed by atoms with Crippen molar-refractivity contribution in [3.63, 3.8) is 0 Å². The highest BCUT2D eigenvalue weighted by Gasteiger charge is 2.36. The van der Waals surface area contributed by atoms with Crippen LogP contribution in [0.3, 0.4) is 0 Å². The molecular weight excluding hydrogens is 292 g/mol. The SMILES string of the molecule is C[C@H]1NC(=O)N(CC2CCN(c3ccccc3C#N)CC2)C1=O. The molecular formula is C17H20N4O2. The van der Waals surface area contributed by atoms with Gasteiger partial charge >= 0.3 is 6.03 Å². The first kappa shape index (κ1) is 15.3. The summed E-state index contributed by atoms with van der Waals surface area (Å²) in [7, 11) is 0. The van der Waals surface area contributed by atoms with Gasteiger partial charge in [0.05, 0.1) is 11.3 Å². The number of hydrogen-bond donors (Lipinski definition) is 1. The van der Waals surface area contributed by atoms with Gasteiger partial charge in [-0.1, -0.05) is 12.1 Å². The van der Waals surface area contributed by atoms with Gasteiger partial charge in [-0.15, -0.1) is 0 Å². The van der Waals surface area contributed by atoms with Crippen LogP contribution in [0.4, 0.5) is 10.5 Å². The Kier molecular flexibility index (Phi) is 4.20. The molecule has 23 heavy (non-hydrogen) atoms. The third-order valence-corrected chi connectivity index (χ3v) is 4.64. The molecule has 2 aliphatic rings. The number of anilines is 1. The number of nitrogens with zero attached hydrogens (tertiary/aromatic N) is 3. The van der Waals surface area contributed by atoms with E-state index in [2.05, 4.69) is 16.3 Å². The van der Waals surface area contributed by atoms with E-state index in [-0.39, 0.29) is 11.9 Å². The molecule has 1 aromatic carbocycles. The molecule has 2 heterocycles. The molecule has 1 N–H and O–H groups in total. The van der Waals surface area contributed by atoms with Crippen molar-refractivity contribution >= 4 is 17.6 Å². The Bertz CT molecular complexity index is 659. The van der Waals surface area contributed by atoms with Crippen molar-refractivity contribution in [2.24, 2.45) is 5.92 Å². The van der Waals surface area contributed by atoms with Crippen LogP contribution in [-0.4, -0.2) is 42.5 Å². The van der Waals surface area contributed by atoms with E-state index in [4.69, 9.17) is 0 Å². The average Bonchev–Trinajstić information content (AvgIpc) is 2.82. The molecule has 120 valence electrons. The number of hydrogen-bond acceptors (Lipinski definition) is 4. The van der Waals surface area contributed by atoms with Crippen LogP contribution in [0.25, 0.3) is 0 Å². The third-order valence-electron chi connectivity index (χ3n) is 4.64. The molecule has 6 heteroatoms. The lowest BCUT2D eigenvalue weighted by Gasteiger charge is -2.35. The highest BCUT2D eigenvalue weighted by atomic mass is 16.2. The maximum Gasteiger partial charge on any atom is 0.324 e. The van der Waals surface area contributed by atoms with Gasteiger partial charge in [0.2, 0.25) is 0 Å². The zero-order chi connectivity index (χ0) is 16.4. The molecule has 1 aromatic rings. The molecule has 0 spiro atoms. The number of nitriles is 1. The van der Waals surface area contributed by atoms with Crippen LogP contribution in [0.2, 0.25) is 0 Å². The monoisotopic (exact) mass is 312 g/mol. The van der Waals surface area contributed by atoms with Crippen LogP contribution >= 0.6 is 0 Å². The molecule has 3 amide bonds. The zero-order valence-electron chi connectivity index (χ0n) is 13.2. The van der Waals surface area contributed by atoms with E-state index in [1.807, 2.05) is 24.3 Å². The van der Waals surface area contributed by atoms with Crippen molar-refractivity contribution < 1.29 is 9.59 Å². The summed E-state index contributed by atoms with van der Waals surface area (Å²) in [5.41, 5.74) is 1.66. The number of benzene rings is 1. The van der Waals surface area contributed by atoms with Crippen LogP contribution in [0.15, 0.2) is 24.3 Å². The third kappa shape index (κ3) is 3.00. The first-order chi connectivity index (χ1) is 11.1. The van der Waals surface area contributed by atoms with Gasteiger partial charge in [0, 0.05) is 19.6 Å². The summed E-state index contributed by atoms with van der Waals surface area (Å²) in [6.07, 6.45) is 1.82. The molecule has 0 saturated carbocycles. The molecule has 1 atom stereocenters. The zero-order valence-corrected chi connectivity index (χ0v) is 13.2. The summed E-state index contributed by atoms with van der Waals surface area (Å²) in [5.74, 6) is 0.188. The largest absolute Gasteiger partial charge is 0.370 e. The van der Waals surface area contributed by atoms with Crippen molar-refractivity contribution in [1.29, 1.82) is 5.26 Å². The quantitative estimate of drug-likeness (QED) is 0.862. The number of rotatable bonds is 3. The predicted molar refractivity (Wildman–Crippen MR) is 85.8 cm³/mol. The number of imide groups is 1. The number of nitrogens with one attached hydrogen (secondary N) is 1. The van der Waals surface area contributed by atoms with Crippen LogP contribution in [-0.2, 0) is 4.79 Å². The second-order valence-corrected chi connectivity index (χ2v) is 6.18. The minimum Gasteiger partial charge on any atom is -0.370 e. The maximum absolute atomic E-state index is 12.0. The minimum atomic E-state index is -0.412. The number of amides is 3. The number of urea groups is 1. The first-order valence-electron chi connectivity index (χ1n) is 7.96. The predicted octanol–water partition coefficient (Wildman–Crippen LogP) is 1.71. The molecule has 2 fully saturated rings. The molecule has 3 rings (SSSR count). The van der Waals surface area contributed by atoms with Crippen LogP contribution in [0, 0.1) is 17.2 Å². The second kappa shape index (κ2) is 6.29. The summed E-state index contributed by atoms with van der Waals surface area (Å²) in [6, 6.07) is 9.15. The van der Waals surface area contributed by atoms with E-state index in [1.54, 1.807) is 6.92 Å². The average molecular weight is 312 g/mol. The Morgan fingerprint density at radius 1 is 1.26 bits per heavy atom. The summed E-state index contributed by atoms with van der Waals surface area (Å²) in [6.45, 7) is 3.87. The Balaban J connectivity index is 1.60. The highest BCUT2D eigenvalue weighted by Crippen LogP contribution is 2.27. The van der Waals surface area contributed by atoms with Crippen molar-refractivity contribution in [2.45, 2.75) is 25.8 Å². The standard InChI is InChI=1S/C17H20N4O2/c1-12-16(22)21(17(23)19-12)11-13-6-8-20(9-7-13)15-5-3-2-4-14(15)10-18/h2-5,12-13H,6-9,11H2,1H3,(H,19,23)/t12-/m1/s1. The van der Waals surface area contributed by atoms with Crippen LogP contribution in [0.1, 0.15) is 25.3 Å². The summed E-state index contributed by atoms with van der Waals surface area (Å²) >= 11 is 0. The first-order valence-corrected chi connectivity index (χ1v) is 7.96. The Morgan fingerprint density at radius 3 is 2.57 bits per heavy atom. The van der Waals surface area contributed by atoms with E-state index < -0.39 is 6.04 Å². The molecule has 2 saturated heterocycles. The van der Waals surface area contributed by atoms with E-state index in [9.17, 15) is 14.9 Å². The Hall–Kier alpha value is -2.55. The summed E-state index contributed by atoms with van der Waals surface area (Å²) in [5, 5.41) is 11.9. The topological polar surface area (TPSA) is 76.4 Å². The van der Waals surface area contributed by atoms with E-state index in [0.717, 1.165) is 31.6 Å². The van der Waals surface area contributed by atoms with Gasteiger partial charge in [0.25, 0.3) is 5.91 Å². The molecule has 0 aromatic heterocycles. The van der Waals surface area contributed by atoms with Gasteiger partial charge < -0.3 is 10.2 Å². The normalized spacial score (nSPS) is 22.2. The minimum absolute atomic E-state index is 0.132. The summed E-state index contributed by atoms with van der Waals surface area (Å²) in [4.78, 5) is 27.3. The van der Waals surface area contributed by atoms with Gasteiger partial charge in [-0.05, 0) is 37.8 Å². The lowest BCUT2D eigenvalue weighted by Crippen LogP contribution is -2.41. The van der Waals surface area contributed by atoms with Crippen LogP contribution < -0.4 is 10.2 Å². The molecule has 0 bridgehead atoms.